The van der Waals surface area contributed by atoms with Gasteiger partial charge in [-0.2, -0.15) is 10.4 Å². The van der Waals surface area contributed by atoms with Crippen molar-refractivity contribution < 1.29 is 5.76 Å². The van der Waals surface area contributed by atoms with Crippen LogP contribution >= 0.6 is 11.3 Å². The molecule has 0 amide bonds. The minimum atomic E-state index is -0.329. The third-order valence-electron chi connectivity index (χ3n) is 6.10. The molecule has 4 heterocycles. The minimum Gasteiger partial charge on any atom is -0.371 e. The first-order valence-electron chi connectivity index (χ1n) is 11.7. The number of piperidine rings is 1. The second kappa shape index (κ2) is 8.83. The lowest BCUT2D eigenvalue weighted by Gasteiger charge is -2.29. The molecule has 0 atom stereocenters. The van der Waals surface area contributed by atoms with Crippen LogP contribution in [0.2, 0.25) is 0 Å². The molecule has 3 aromatic heterocycles. The van der Waals surface area contributed by atoms with Crippen LogP contribution in [0.5, 0.6) is 0 Å². The summed E-state index contributed by atoms with van der Waals surface area (Å²) in [6, 6.07) is 12.3. The van der Waals surface area contributed by atoms with E-state index in [9.17, 15) is 9.65 Å². The van der Waals surface area contributed by atoms with Crippen molar-refractivity contribution in [1.29, 1.82) is 5.26 Å². The Labute approximate surface area is 197 Å². The average molecular weight is 462 g/mol. The van der Waals surface area contributed by atoms with Crippen LogP contribution in [0.1, 0.15) is 38.1 Å². The zero-order valence-corrected chi connectivity index (χ0v) is 19.5. The van der Waals surface area contributed by atoms with Crippen LogP contribution in [0.15, 0.2) is 42.6 Å². The Morgan fingerprint density at radius 2 is 1.97 bits per heavy atom. The van der Waals surface area contributed by atoms with Gasteiger partial charge < -0.3 is 9.80 Å². The van der Waals surface area contributed by atoms with Crippen LogP contribution in [-0.2, 0) is 6.42 Å². The quantitative estimate of drug-likeness (QED) is 0.376. The summed E-state index contributed by atoms with van der Waals surface area (Å²) in [5.74, 6) is -0.329. The second-order valence-corrected chi connectivity index (χ2v) is 9.17. The van der Waals surface area contributed by atoms with Crippen LogP contribution in [0.25, 0.3) is 16.8 Å². The van der Waals surface area contributed by atoms with Gasteiger partial charge in [0.15, 0.2) is 5.13 Å². The third-order valence-corrected chi connectivity index (χ3v) is 7.13. The van der Waals surface area contributed by atoms with Crippen molar-refractivity contribution in [3.63, 3.8) is 0 Å². The van der Waals surface area contributed by atoms with Gasteiger partial charge in [0.05, 0.1) is 18.3 Å². The molecule has 1 aromatic carbocycles. The SMILES string of the molecule is [2H]c1cc(N2CCCCC2)cc2c(N(C)c3nc(-c4ccc(F)cc4)c(C#N)s3)c(CC)nn12. The second-order valence-electron chi connectivity index (χ2n) is 8.19. The number of fused-ring (bicyclic) bond motifs is 1. The highest BCUT2D eigenvalue weighted by Crippen LogP contribution is 2.39. The Balaban J connectivity index is 1.61. The smallest absolute Gasteiger partial charge is 0.191 e. The topological polar surface area (TPSA) is 60.5 Å². The van der Waals surface area contributed by atoms with E-state index in [-0.39, 0.29) is 5.82 Å². The van der Waals surface area contributed by atoms with Crippen LogP contribution in [0.3, 0.4) is 0 Å². The Bertz CT molecular complexity index is 1380. The van der Waals surface area contributed by atoms with E-state index < -0.39 is 0 Å². The highest BCUT2D eigenvalue weighted by atomic mass is 32.1. The molecule has 0 aliphatic carbocycles. The largest absolute Gasteiger partial charge is 0.371 e. The number of aryl methyl sites for hydroxylation is 1. The Morgan fingerprint density at radius 3 is 2.67 bits per heavy atom. The Hall–Kier alpha value is -3.44. The summed E-state index contributed by atoms with van der Waals surface area (Å²) in [4.78, 5) is 9.53. The minimum absolute atomic E-state index is 0.329. The molecule has 168 valence electrons. The molecule has 0 N–H and O–H groups in total. The fourth-order valence-electron chi connectivity index (χ4n) is 4.37. The number of aromatic nitrogens is 3. The molecule has 0 bridgehead atoms. The Kier molecular flexibility index (Phi) is 5.40. The molecule has 0 saturated carbocycles. The summed E-state index contributed by atoms with van der Waals surface area (Å²) in [5, 5.41) is 15.1. The number of thiazole rings is 1. The average Bonchev–Trinajstić information content (AvgIpc) is 3.46. The molecule has 0 unspecified atom stereocenters. The maximum atomic E-state index is 13.4. The fraction of sp³-hybridized carbons (Fsp3) is 0.320. The summed E-state index contributed by atoms with van der Waals surface area (Å²) in [6.07, 6.45) is 4.60. The summed E-state index contributed by atoms with van der Waals surface area (Å²) >= 11 is 1.29. The lowest BCUT2D eigenvalue weighted by atomic mass is 10.1. The first-order valence-corrected chi connectivity index (χ1v) is 12.0. The number of anilines is 3. The maximum Gasteiger partial charge on any atom is 0.191 e. The van der Waals surface area contributed by atoms with Crippen molar-refractivity contribution in [2.75, 3.05) is 29.9 Å². The van der Waals surface area contributed by atoms with Crippen molar-refractivity contribution in [2.24, 2.45) is 0 Å². The van der Waals surface area contributed by atoms with Crippen molar-refractivity contribution in [1.82, 2.24) is 14.6 Å². The van der Waals surface area contributed by atoms with Gasteiger partial charge in [-0.3, -0.25) is 0 Å². The fourth-order valence-corrected chi connectivity index (χ4v) is 5.23. The molecule has 6 nitrogen and oxygen atoms in total. The van der Waals surface area contributed by atoms with Gasteiger partial charge in [0, 0.05) is 37.6 Å². The summed E-state index contributed by atoms with van der Waals surface area (Å²) in [5.41, 5.74) is 4.88. The highest BCUT2D eigenvalue weighted by Gasteiger charge is 2.23. The monoisotopic (exact) mass is 461 g/mol. The van der Waals surface area contributed by atoms with E-state index in [0.717, 1.165) is 48.5 Å². The van der Waals surface area contributed by atoms with Gasteiger partial charge in [0.25, 0.3) is 0 Å². The highest BCUT2D eigenvalue weighted by molar-refractivity contribution is 7.16. The van der Waals surface area contributed by atoms with Gasteiger partial charge in [0.1, 0.15) is 22.5 Å². The predicted octanol–water partition coefficient (Wildman–Crippen LogP) is 5.79. The number of benzene rings is 1. The first-order chi connectivity index (χ1) is 16.5. The molecule has 33 heavy (non-hydrogen) atoms. The normalized spacial score (nSPS) is 14.4. The zero-order valence-electron chi connectivity index (χ0n) is 19.7. The number of rotatable bonds is 5. The molecule has 4 aromatic rings. The van der Waals surface area contributed by atoms with Crippen molar-refractivity contribution in [2.45, 2.75) is 32.6 Å². The maximum absolute atomic E-state index is 13.4. The molecule has 1 saturated heterocycles. The predicted molar refractivity (Wildman–Crippen MR) is 131 cm³/mol. The van der Waals surface area contributed by atoms with Crippen LogP contribution in [-0.4, -0.2) is 34.7 Å². The molecule has 8 heteroatoms. The first kappa shape index (κ1) is 20.2. The number of hydrogen-bond donors (Lipinski definition) is 0. The molecule has 1 aliphatic rings. The number of hydrogen-bond acceptors (Lipinski definition) is 6. The van der Waals surface area contributed by atoms with Gasteiger partial charge in [-0.25, -0.2) is 13.9 Å². The Morgan fingerprint density at radius 1 is 1.21 bits per heavy atom. The summed E-state index contributed by atoms with van der Waals surface area (Å²) < 4.78 is 23.7. The summed E-state index contributed by atoms with van der Waals surface area (Å²) in [6.45, 7) is 4.03. The van der Waals surface area contributed by atoms with E-state index in [1.54, 1.807) is 16.6 Å². The van der Waals surface area contributed by atoms with Crippen LogP contribution < -0.4 is 9.80 Å². The van der Waals surface area contributed by atoms with Crippen molar-refractivity contribution in [3.05, 3.63) is 59.0 Å². The standard InChI is InChI=1S/C25H25FN6S/c1-3-20-24(21-15-19(11-14-32(21)29-20)31-12-5-4-6-13-31)30(2)25-28-23(22(16-27)33-25)17-7-9-18(26)10-8-17/h7-11,14-15H,3-6,12-13H2,1-2H3/i14D. The van der Waals surface area contributed by atoms with E-state index in [1.807, 2.05) is 24.9 Å². The van der Waals surface area contributed by atoms with E-state index in [0.29, 0.717) is 33.9 Å². The molecule has 0 radical (unpaired) electrons. The van der Waals surface area contributed by atoms with E-state index in [2.05, 4.69) is 17.0 Å². The molecular formula is C25H25FN6S. The number of pyridine rings is 1. The van der Waals surface area contributed by atoms with E-state index in [1.165, 1.54) is 29.9 Å². The van der Waals surface area contributed by atoms with Gasteiger partial charge in [-0.05, 0) is 62.1 Å². The molecule has 5 rings (SSSR count). The molecular weight excluding hydrogens is 435 g/mol. The van der Waals surface area contributed by atoms with Gasteiger partial charge in [-0.15, -0.1) is 0 Å². The molecule has 1 fully saturated rings. The zero-order chi connectivity index (χ0) is 23.8. The number of nitrogens with zero attached hydrogens (tertiary/aromatic N) is 6. The van der Waals surface area contributed by atoms with E-state index >= 15 is 0 Å². The van der Waals surface area contributed by atoms with Gasteiger partial charge in [-0.1, -0.05) is 18.3 Å². The number of halogens is 1. The lowest BCUT2D eigenvalue weighted by molar-refractivity contribution is 0.577. The molecule has 1 aliphatic heterocycles. The van der Waals surface area contributed by atoms with Crippen molar-refractivity contribution >= 4 is 33.4 Å². The van der Waals surface area contributed by atoms with Crippen LogP contribution in [0, 0.1) is 17.1 Å². The van der Waals surface area contributed by atoms with Gasteiger partial charge in [0.2, 0.25) is 0 Å². The van der Waals surface area contributed by atoms with E-state index in [4.69, 9.17) is 11.5 Å². The lowest BCUT2D eigenvalue weighted by Crippen LogP contribution is -2.29. The number of nitriles is 1. The van der Waals surface area contributed by atoms with Crippen LogP contribution in [0.4, 0.5) is 20.9 Å². The molecule has 0 spiro atoms. The van der Waals surface area contributed by atoms with Gasteiger partial charge >= 0.3 is 0 Å². The third kappa shape index (κ3) is 3.93. The van der Waals surface area contributed by atoms with Crippen molar-refractivity contribution in [3.8, 4) is 17.3 Å². The summed E-state index contributed by atoms with van der Waals surface area (Å²) in [7, 11) is 1.92.